The number of nitrogens with one attached hydrogen (secondary N) is 2. The Bertz CT molecular complexity index is 1210. The normalized spacial score (nSPS) is 19.0. The molecule has 3 aromatic rings. The minimum Gasteiger partial charge on any atom is -0.454 e. The molecule has 2 N–H and O–H groups in total. The number of nitrogens with zero attached hydrogens (tertiary/aromatic N) is 2. The van der Waals surface area contributed by atoms with Crippen LogP contribution < -0.4 is 20.1 Å². The van der Waals surface area contributed by atoms with Gasteiger partial charge >= 0.3 is 6.18 Å². The van der Waals surface area contributed by atoms with Crippen LogP contribution in [0.4, 0.5) is 24.7 Å². The van der Waals surface area contributed by atoms with E-state index in [1.807, 2.05) is 18.4 Å². The number of alkyl halides is 3. The van der Waals surface area contributed by atoms with E-state index in [0.717, 1.165) is 9.58 Å². The molecule has 1 amide bonds. The van der Waals surface area contributed by atoms with Crippen LogP contribution in [0.5, 0.6) is 11.5 Å². The van der Waals surface area contributed by atoms with Crippen molar-refractivity contribution in [2.24, 2.45) is 0 Å². The van der Waals surface area contributed by atoms with Crippen molar-refractivity contribution < 1.29 is 27.4 Å². The smallest absolute Gasteiger partial charge is 0.410 e. The van der Waals surface area contributed by atoms with E-state index in [9.17, 15) is 18.0 Å². The molecule has 2 aliphatic rings. The lowest BCUT2D eigenvalue weighted by molar-refractivity contribution is -0.173. The second-order valence-electron chi connectivity index (χ2n) is 7.62. The highest BCUT2D eigenvalue weighted by molar-refractivity contribution is 7.98. The molecule has 7 nitrogen and oxygen atoms in total. The van der Waals surface area contributed by atoms with E-state index in [-0.39, 0.29) is 24.7 Å². The van der Waals surface area contributed by atoms with E-state index in [4.69, 9.17) is 9.47 Å². The Morgan fingerprint density at radius 2 is 1.97 bits per heavy atom. The Kier molecular flexibility index (Phi) is 5.35. The average molecular weight is 476 g/mol. The minimum atomic E-state index is -4.54. The molecule has 0 saturated carbocycles. The van der Waals surface area contributed by atoms with Crippen molar-refractivity contribution in [3.63, 3.8) is 0 Å². The maximum atomic E-state index is 13.9. The van der Waals surface area contributed by atoms with E-state index in [0.29, 0.717) is 22.7 Å². The van der Waals surface area contributed by atoms with Crippen molar-refractivity contribution in [1.82, 2.24) is 9.78 Å². The second-order valence-corrected chi connectivity index (χ2v) is 8.46. The molecular formula is C22H19F3N4O3S. The molecule has 0 saturated heterocycles. The topological polar surface area (TPSA) is 77.4 Å². The van der Waals surface area contributed by atoms with Crippen molar-refractivity contribution >= 4 is 29.2 Å². The first-order valence-electron chi connectivity index (χ1n) is 10.1. The molecule has 0 aliphatic carbocycles. The summed E-state index contributed by atoms with van der Waals surface area (Å²) < 4.78 is 53.3. The van der Waals surface area contributed by atoms with Crippen molar-refractivity contribution in [2.75, 3.05) is 23.7 Å². The largest absolute Gasteiger partial charge is 0.454 e. The monoisotopic (exact) mass is 476 g/mol. The van der Waals surface area contributed by atoms with Gasteiger partial charge in [0, 0.05) is 17.4 Å². The molecule has 0 radical (unpaired) electrons. The Morgan fingerprint density at radius 1 is 1.18 bits per heavy atom. The van der Waals surface area contributed by atoms with Gasteiger partial charge in [-0.05, 0) is 36.1 Å². The van der Waals surface area contributed by atoms with Gasteiger partial charge in [0.2, 0.25) is 6.79 Å². The quantitative estimate of drug-likeness (QED) is 0.501. The minimum absolute atomic E-state index is 0.0764. The van der Waals surface area contributed by atoms with Crippen LogP contribution in [0, 0.1) is 0 Å². The Labute approximate surface area is 191 Å². The number of hydrogen-bond acceptors (Lipinski definition) is 6. The van der Waals surface area contributed by atoms with Crippen LogP contribution in [-0.4, -0.2) is 34.9 Å². The maximum absolute atomic E-state index is 13.9. The first kappa shape index (κ1) is 21.5. The zero-order valence-electron chi connectivity index (χ0n) is 17.3. The number of carbonyl (C=O) groups is 1. The molecular weight excluding hydrogens is 457 g/mol. The number of aromatic nitrogens is 2. The highest BCUT2D eigenvalue weighted by atomic mass is 32.2. The number of thioether (sulfide) groups is 1. The van der Waals surface area contributed by atoms with Crippen LogP contribution >= 0.6 is 11.8 Å². The van der Waals surface area contributed by atoms with Crippen LogP contribution in [0.1, 0.15) is 34.6 Å². The highest BCUT2D eigenvalue weighted by Crippen LogP contribution is 2.45. The van der Waals surface area contributed by atoms with Gasteiger partial charge in [0.1, 0.15) is 5.82 Å². The molecule has 0 unspecified atom stereocenters. The Hall–Kier alpha value is -3.34. The second kappa shape index (κ2) is 8.22. The number of fused-ring (bicyclic) bond motifs is 2. The molecule has 33 heavy (non-hydrogen) atoms. The summed E-state index contributed by atoms with van der Waals surface area (Å²) in [5.74, 6) is 0.580. The molecule has 1 aromatic heterocycles. The predicted molar refractivity (Wildman–Crippen MR) is 117 cm³/mol. The van der Waals surface area contributed by atoms with Gasteiger partial charge in [-0.15, -0.1) is 11.8 Å². The van der Waals surface area contributed by atoms with E-state index in [1.54, 1.807) is 30.3 Å². The summed E-state index contributed by atoms with van der Waals surface area (Å²) in [7, 11) is 0. The van der Waals surface area contributed by atoms with Crippen LogP contribution in [0.2, 0.25) is 0 Å². The van der Waals surface area contributed by atoms with Gasteiger partial charge < -0.3 is 20.1 Å². The fourth-order valence-corrected chi connectivity index (χ4v) is 4.52. The fraction of sp³-hybridized carbons (Fsp3) is 0.273. The predicted octanol–water partition coefficient (Wildman–Crippen LogP) is 5.25. The van der Waals surface area contributed by atoms with Gasteiger partial charge in [-0.1, -0.05) is 18.2 Å². The van der Waals surface area contributed by atoms with Crippen molar-refractivity contribution in [3.05, 3.63) is 59.8 Å². The summed E-state index contributed by atoms with van der Waals surface area (Å²) in [6.07, 6.45) is -2.96. The molecule has 2 atom stereocenters. The molecule has 0 bridgehead atoms. The number of carbonyl (C=O) groups excluding carboxylic acids is 1. The Morgan fingerprint density at radius 3 is 2.76 bits per heavy atom. The maximum Gasteiger partial charge on any atom is 0.410 e. The third kappa shape index (κ3) is 4.08. The molecule has 5 rings (SSSR count). The van der Waals surface area contributed by atoms with E-state index in [2.05, 4.69) is 15.7 Å². The summed E-state index contributed by atoms with van der Waals surface area (Å²) in [4.78, 5) is 13.6. The number of amides is 1. The van der Waals surface area contributed by atoms with Crippen LogP contribution in [0.15, 0.2) is 53.4 Å². The molecule has 2 aliphatic heterocycles. The lowest BCUT2D eigenvalue weighted by Gasteiger charge is -2.33. The number of benzene rings is 2. The van der Waals surface area contributed by atoms with Gasteiger partial charge in [0.05, 0.1) is 11.7 Å². The average Bonchev–Trinajstić information content (AvgIpc) is 3.44. The summed E-state index contributed by atoms with van der Waals surface area (Å²) in [6.45, 7) is 0.0764. The molecule has 3 heterocycles. The first-order valence-corrected chi connectivity index (χ1v) is 11.3. The molecule has 172 valence electrons. The number of halogens is 3. The number of para-hydroxylation sites is 1. The molecule has 0 fully saturated rings. The van der Waals surface area contributed by atoms with Crippen LogP contribution in [-0.2, 0) is 0 Å². The fourth-order valence-electron chi connectivity index (χ4n) is 3.97. The number of rotatable bonds is 4. The van der Waals surface area contributed by atoms with Gasteiger partial charge in [-0.25, -0.2) is 4.68 Å². The van der Waals surface area contributed by atoms with Gasteiger partial charge in [-0.3, -0.25) is 4.79 Å². The van der Waals surface area contributed by atoms with Crippen molar-refractivity contribution in [3.8, 4) is 11.5 Å². The van der Waals surface area contributed by atoms with Crippen LogP contribution in [0.3, 0.4) is 0 Å². The highest BCUT2D eigenvalue weighted by Gasteiger charge is 2.47. The van der Waals surface area contributed by atoms with E-state index in [1.165, 1.54) is 17.8 Å². The number of anilines is 2. The van der Waals surface area contributed by atoms with Gasteiger partial charge in [0.15, 0.2) is 23.2 Å². The van der Waals surface area contributed by atoms with E-state index < -0.39 is 24.2 Å². The Balaban J connectivity index is 1.45. The zero-order valence-corrected chi connectivity index (χ0v) is 18.2. The molecule has 11 heteroatoms. The van der Waals surface area contributed by atoms with Crippen molar-refractivity contribution in [2.45, 2.75) is 29.6 Å². The lowest BCUT2D eigenvalue weighted by atomic mass is 9.96. The van der Waals surface area contributed by atoms with Crippen molar-refractivity contribution in [1.29, 1.82) is 0 Å². The third-order valence-electron chi connectivity index (χ3n) is 5.58. The van der Waals surface area contributed by atoms with Crippen LogP contribution in [0.25, 0.3) is 0 Å². The van der Waals surface area contributed by atoms with E-state index >= 15 is 0 Å². The summed E-state index contributed by atoms with van der Waals surface area (Å²) in [6, 6.07) is 11.0. The summed E-state index contributed by atoms with van der Waals surface area (Å²) in [5.41, 5.74) is 1.09. The SMILES string of the molecule is CSc1ccccc1NC(=O)c1cc2n(n1)[C@H](C(F)(F)F)C[C@@H](c1ccc3c(c1)OCO3)N2. The molecule has 0 spiro atoms. The molecule has 2 aromatic carbocycles. The first-order chi connectivity index (χ1) is 15.8. The zero-order chi connectivity index (χ0) is 23.2. The lowest BCUT2D eigenvalue weighted by Crippen LogP contribution is -2.35. The summed E-state index contributed by atoms with van der Waals surface area (Å²) >= 11 is 1.45. The number of hydrogen-bond donors (Lipinski definition) is 2. The summed E-state index contributed by atoms with van der Waals surface area (Å²) in [5, 5.41) is 9.83. The third-order valence-corrected chi connectivity index (χ3v) is 6.37. The standard InChI is InChI=1S/C22H19F3N4O3S/c1-33-18-5-3-2-4-13(18)27-21(30)15-10-20-26-14(9-19(22(23,24)25)29(20)28-15)12-6-7-16-17(8-12)32-11-31-16/h2-8,10,14,19,26H,9,11H2,1H3,(H,27,30)/t14-,19-/m0/s1. The van der Waals surface area contributed by atoms with Gasteiger partial charge in [0.25, 0.3) is 5.91 Å². The number of ether oxygens (including phenoxy) is 2. The van der Waals surface area contributed by atoms with Gasteiger partial charge in [-0.2, -0.15) is 18.3 Å².